The van der Waals surface area contributed by atoms with Gasteiger partial charge in [0.25, 0.3) is 5.92 Å². The minimum atomic E-state index is -2.62. The number of pyridine rings is 1. The number of benzene rings is 2. The molecule has 47 heavy (non-hydrogen) atoms. The monoisotopic (exact) mass is 662 g/mol. The fourth-order valence-electron chi connectivity index (χ4n) is 8.48. The van der Waals surface area contributed by atoms with Gasteiger partial charge in [0.1, 0.15) is 22.4 Å². The third kappa shape index (κ3) is 4.60. The summed E-state index contributed by atoms with van der Waals surface area (Å²) >= 11 is 6.66. The second-order valence-corrected chi connectivity index (χ2v) is 14.4. The van der Waals surface area contributed by atoms with Crippen LogP contribution in [0.4, 0.5) is 19.0 Å². The molecule has 1 saturated carbocycles. The van der Waals surface area contributed by atoms with Crippen LogP contribution in [0.25, 0.3) is 32.9 Å². The molecule has 4 aliphatic heterocycles. The number of hydrogen-bond donors (Lipinski definition) is 2. The van der Waals surface area contributed by atoms with E-state index < -0.39 is 22.7 Å². The number of ether oxygens (including phenoxy) is 2. The summed E-state index contributed by atoms with van der Waals surface area (Å²) < 4.78 is 58.0. The van der Waals surface area contributed by atoms with E-state index in [4.69, 9.17) is 26.1 Å². The largest absolute Gasteiger partial charge is 0.474 e. The molecule has 0 bridgehead atoms. The summed E-state index contributed by atoms with van der Waals surface area (Å²) in [6.07, 6.45) is 6.01. The van der Waals surface area contributed by atoms with E-state index in [2.05, 4.69) is 25.5 Å². The summed E-state index contributed by atoms with van der Waals surface area (Å²) in [4.78, 5) is 16.2. The van der Waals surface area contributed by atoms with Crippen molar-refractivity contribution in [1.29, 1.82) is 0 Å². The maximum absolute atomic E-state index is 16.8. The van der Waals surface area contributed by atoms with E-state index in [0.717, 1.165) is 37.7 Å². The summed E-state index contributed by atoms with van der Waals surface area (Å²) in [6, 6.07) is 11.2. The highest BCUT2D eigenvalue weighted by molar-refractivity contribution is 6.36. The first kappa shape index (κ1) is 29.5. The second-order valence-electron chi connectivity index (χ2n) is 14.0. The van der Waals surface area contributed by atoms with Gasteiger partial charge in [0, 0.05) is 47.1 Å². The van der Waals surface area contributed by atoms with Crippen LogP contribution in [0.1, 0.15) is 39.0 Å². The third-order valence-corrected chi connectivity index (χ3v) is 11.4. The smallest absolute Gasteiger partial charge is 0.324 e. The molecule has 1 aliphatic carbocycles. The number of nitrogens with zero attached hydrogens (tertiary/aromatic N) is 4. The Labute approximate surface area is 274 Å². The Morgan fingerprint density at radius 2 is 1.91 bits per heavy atom. The highest BCUT2D eigenvalue weighted by Crippen LogP contribution is 2.69. The Kier molecular flexibility index (Phi) is 6.53. The molecular weight excluding hydrogens is 629 g/mol. The molecule has 2 aromatic heterocycles. The van der Waals surface area contributed by atoms with Crippen LogP contribution in [0.3, 0.4) is 0 Å². The van der Waals surface area contributed by atoms with Crippen LogP contribution in [-0.4, -0.2) is 69.6 Å². The SMILES string of the molecule is C[C@H]1CC2CNC2CNc2nc(O/C=C/C34CCCN3CC3(C4)CC3(F)F)nc3c(F)c(-c4cccc5cccc(Cl)c45)nc(c23)O1. The van der Waals surface area contributed by atoms with Crippen LogP contribution in [-0.2, 0) is 0 Å². The quantitative estimate of drug-likeness (QED) is 0.227. The van der Waals surface area contributed by atoms with Crippen molar-refractivity contribution in [3.63, 3.8) is 0 Å². The molecule has 244 valence electrons. The zero-order chi connectivity index (χ0) is 32.1. The van der Waals surface area contributed by atoms with Gasteiger partial charge in [-0.05, 0) is 69.1 Å². The van der Waals surface area contributed by atoms with Gasteiger partial charge in [-0.3, -0.25) is 4.90 Å². The summed E-state index contributed by atoms with van der Waals surface area (Å²) in [7, 11) is 0. The van der Waals surface area contributed by atoms with E-state index in [1.165, 1.54) is 6.26 Å². The Balaban J connectivity index is 1.16. The van der Waals surface area contributed by atoms with Gasteiger partial charge in [0.2, 0.25) is 5.88 Å². The summed E-state index contributed by atoms with van der Waals surface area (Å²) in [5.74, 6) is -2.30. The number of rotatable bonds is 4. The zero-order valence-electron chi connectivity index (χ0n) is 25.8. The highest BCUT2D eigenvalue weighted by Gasteiger charge is 2.76. The van der Waals surface area contributed by atoms with Crippen molar-refractivity contribution in [2.75, 3.05) is 31.5 Å². The van der Waals surface area contributed by atoms with Crippen molar-refractivity contribution in [3.8, 4) is 23.1 Å². The van der Waals surface area contributed by atoms with Gasteiger partial charge >= 0.3 is 6.01 Å². The number of hydrogen-bond acceptors (Lipinski definition) is 8. The number of fused-ring (bicyclic) bond motifs is 3. The van der Waals surface area contributed by atoms with Crippen molar-refractivity contribution in [1.82, 2.24) is 25.2 Å². The van der Waals surface area contributed by atoms with Crippen LogP contribution in [0.15, 0.2) is 48.7 Å². The van der Waals surface area contributed by atoms with Gasteiger partial charge in [-0.2, -0.15) is 9.97 Å². The van der Waals surface area contributed by atoms with Crippen LogP contribution in [0.2, 0.25) is 5.02 Å². The molecule has 3 saturated heterocycles. The lowest BCUT2D eigenvalue weighted by Crippen LogP contribution is -2.57. The molecule has 6 heterocycles. The molecule has 0 radical (unpaired) electrons. The summed E-state index contributed by atoms with van der Waals surface area (Å²) in [6.45, 7) is 4.61. The molecule has 5 aliphatic rings. The zero-order valence-corrected chi connectivity index (χ0v) is 26.6. The van der Waals surface area contributed by atoms with Crippen LogP contribution in [0, 0.1) is 17.2 Å². The molecule has 5 atom stereocenters. The number of anilines is 1. The lowest BCUT2D eigenvalue weighted by Gasteiger charge is -2.40. The van der Waals surface area contributed by atoms with E-state index in [1.807, 2.05) is 37.3 Å². The molecular formula is C35H34ClF3N6O2. The molecule has 4 aromatic rings. The normalized spacial score (nSPS) is 31.0. The standard InChI is InChI=1S/C35H34ClF3N6O2/c1-19-13-21-14-40-24(21)15-41-30-26-29(27(37)28(42-31(26)47-19)22-7-2-5-20-6-3-8-23(36)25(20)22)43-32(44-30)46-12-10-34-9-4-11-45(34)18-33(16-34)17-35(33,38)39/h2-3,5-8,10,12,19,21,24,40H,4,9,11,13-18H2,1H3,(H,41,43,44)/b12-10+/t19-,21?,24?,33?,34?/m0/s1. The first-order valence-corrected chi connectivity index (χ1v) is 16.7. The second kappa shape index (κ2) is 10.4. The fourth-order valence-corrected chi connectivity index (χ4v) is 8.76. The van der Waals surface area contributed by atoms with Gasteiger partial charge in [-0.1, -0.05) is 41.9 Å². The molecule has 4 unspecified atom stereocenters. The van der Waals surface area contributed by atoms with E-state index in [9.17, 15) is 8.78 Å². The van der Waals surface area contributed by atoms with E-state index in [-0.39, 0.29) is 41.7 Å². The minimum absolute atomic E-state index is 0.000975. The van der Waals surface area contributed by atoms with Crippen molar-refractivity contribution >= 4 is 39.1 Å². The number of halogens is 4. The van der Waals surface area contributed by atoms with Gasteiger partial charge in [0.15, 0.2) is 5.82 Å². The van der Waals surface area contributed by atoms with Gasteiger partial charge in [-0.25, -0.2) is 18.2 Å². The van der Waals surface area contributed by atoms with E-state index in [0.29, 0.717) is 52.6 Å². The Morgan fingerprint density at radius 1 is 1.09 bits per heavy atom. The lowest BCUT2D eigenvalue weighted by atomic mass is 9.86. The third-order valence-electron chi connectivity index (χ3n) is 11.1. The number of aromatic nitrogens is 3. The average Bonchev–Trinajstić information content (AvgIpc) is 3.24. The molecule has 2 aromatic carbocycles. The Hall–Kier alpha value is -3.67. The maximum Gasteiger partial charge on any atom is 0.324 e. The van der Waals surface area contributed by atoms with Crippen molar-refractivity contribution in [3.05, 3.63) is 59.6 Å². The lowest BCUT2D eigenvalue weighted by molar-refractivity contribution is 0.0658. The van der Waals surface area contributed by atoms with Crippen molar-refractivity contribution in [2.45, 2.75) is 62.6 Å². The van der Waals surface area contributed by atoms with E-state index in [1.54, 1.807) is 12.1 Å². The summed E-state index contributed by atoms with van der Waals surface area (Å²) in [5.41, 5.74) is -0.862. The first-order chi connectivity index (χ1) is 22.7. The number of nitrogens with one attached hydrogen (secondary N) is 2. The Bertz CT molecular complexity index is 1970. The van der Waals surface area contributed by atoms with Crippen LogP contribution < -0.4 is 20.1 Å². The summed E-state index contributed by atoms with van der Waals surface area (Å²) in [5, 5.41) is 9.17. The van der Waals surface area contributed by atoms with Gasteiger partial charge in [-0.15, -0.1) is 0 Å². The molecule has 12 heteroatoms. The molecule has 8 nitrogen and oxygen atoms in total. The number of alkyl halides is 2. The fraction of sp³-hybridized carbons (Fsp3) is 0.457. The molecule has 0 amide bonds. The minimum Gasteiger partial charge on any atom is -0.474 e. The van der Waals surface area contributed by atoms with Crippen LogP contribution >= 0.6 is 11.6 Å². The van der Waals surface area contributed by atoms with Gasteiger partial charge in [0.05, 0.1) is 17.8 Å². The molecule has 4 fully saturated rings. The van der Waals surface area contributed by atoms with Crippen LogP contribution in [0.5, 0.6) is 11.9 Å². The molecule has 1 spiro atoms. The predicted octanol–water partition coefficient (Wildman–Crippen LogP) is 6.96. The highest BCUT2D eigenvalue weighted by atomic mass is 35.5. The average molecular weight is 663 g/mol. The van der Waals surface area contributed by atoms with E-state index >= 15 is 4.39 Å². The maximum atomic E-state index is 16.8. The van der Waals surface area contributed by atoms with Crippen molar-refractivity contribution in [2.24, 2.45) is 11.3 Å². The molecule has 2 N–H and O–H groups in total. The van der Waals surface area contributed by atoms with Gasteiger partial charge < -0.3 is 20.1 Å². The first-order valence-electron chi connectivity index (χ1n) is 16.4. The Morgan fingerprint density at radius 3 is 2.70 bits per heavy atom. The molecule has 9 rings (SSSR count). The topological polar surface area (TPSA) is 84.4 Å². The predicted molar refractivity (Wildman–Crippen MR) is 174 cm³/mol. The van der Waals surface area contributed by atoms with Crippen molar-refractivity contribution < 1.29 is 22.6 Å².